The van der Waals surface area contributed by atoms with Crippen LogP contribution in [0.15, 0.2) is 54.6 Å². The van der Waals surface area contributed by atoms with Crippen molar-refractivity contribution in [3.8, 4) is 5.75 Å². The summed E-state index contributed by atoms with van der Waals surface area (Å²) >= 11 is 0. The van der Waals surface area contributed by atoms with E-state index in [1.54, 1.807) is 0 Å². The summed E-state index contributed by atoms with van der Waals surface area (Å²) in [6.45, 7) is 3.63. The molecular weight excluding hydrogens is 450 g/mol. The minimum Gasteiger partial charge on any atom is -0.491 e. The van der Waals surface area contributed by atoms with Gasteiger partial charge in [0.25, 0.3) is 0 Å². The lowest BCUT2D eigenvalue weighted by atomic mass is 9.86. The van der Waals surface area contributed by atoms with E-state index in [4.69, 9.17) is 4.74 Å². The van der Waals surface area contributed by atoms with Crippen molar-refractivity contribution in [2.45, 2.75) is 49.9 Å². The molecule has 0 unspecified atom stereocenters. The molecule has 3 aliphatic rings. The second kappa shape index (κ2) is 9.49. The lowest BCUT2D eigenvalue weighted by molar-refractivity contribution is -0.0791. The molecule has 0 spiro atoms. The van der Waals surface area contributed by atoms with Gasteiger partial charge in [0.05, 0.1) is 6.26 Å². The summed E-state index contributed by atoms with van der Waals surface area (Å²) in [5.41, 5.74) is 1.60. The molecule has 7 nitrogen and oxygen atoms in total. The zero-order valence-corrected chi connectivity index (χ0v) is 20.7. The van der Waals surface area contributed by atoms with E-state index in [0.717, 1.165) is 43.7 Å². The molecule has 184 valence electrons. The molecule has 0 radical (unpaired) electrons. The van der Waals surface area contributed by atoms with Gasteiger partial charge in [0.2, 0.25) is 10.0 Å². The van der Waals surface area contributed by atoms with Gasteiger partial charge >= 0.3 is 0 Å². The molecular formula is C26H35N3O4S. The third-order valence-corrected chi connectivity index (χ3v) is 8.93. The summed E-state index contributed by atoms with van der Waals surface area (Å²) in [4.78, 5) is 4.77. The van der Waals surface area contributed by atoms with Crippen molar-refractivity contribution >= 4 is 15.7 Å². The number of anilines is 1. The Bertz CT molecular complexity index is 1050. The number of hydrogen-bond donors (Lipinski definition) is 1. The van der Waals surface area contributed by atoms with Gasteiger partial charge < -0.3 is 14.7 Å². The van der Waals surface area contributed by atoms with Crippen molar-refractivity contribution in [2.24, 2.45) is 0 Å². The molecule has 3 atom stereocenters. The van der Waals surface area contributed by atoms with Crippen LogP contribution in [0.1, 0.15) is 31.2 Å². The average molecular weight is 486 g/mol. The van der Waals surface area contributed by atoms with Crippen LogP contribution in [0.25, 0.3) is 0 Å². The Morgan fingerprint density at radius 1 is 0.941 bits per heavy atom. The molecule has 0 amide bonds. The molecule has 0 aliphatic carbocycles. The zero-order valence-electron chi connectivity index (χ0n) is 19.8. The highest BCUT2D eigenvalue weighted by molar-refractivity contribution is 7.88. The summed E-state index contributed by atoms with van der Waals surface area (Å²) in [6, 6.07) is 19.3. The number of fused-ring (bicyclic) bond motifs is 2. The predicted octanol–water partition coefficient (Wildman–Crippen LogP) is 2.71. The Morgan fingerprint density at radius 2 is 1.56 bits per heavy atom. The number of hydrogen-bond acceptors (Lipinski definition) is 6. The Morgan fingerprint density at radius 3 is 2.15 bits per heavy atom. The van der Waals surface area contributed by atoms with Gasteiger partial charge in [-0.1, -0.05) is 30.3 Å². The van der Waals surface area contributed by atoms with E-state index in [2.05, 4.69) is 40.1 Å². The van der Waals surface area contributed by atoms with Gasteiger partial charge in [0.15, 0.2) is 0 Å². The van der Waals surface area contributed by atoms with E-state index in [1.165, 1.54) is 16.1 Å². The second-order valence-corrected chi connectivity index (χ2v) is 12.1. The zero-order chi connectivity index (χ0) is 23.8. The number of ether oxygens (including phenoxy) is 1. The Kier molecular flexibility index (Phi) is 6.59. The Balaban J connectivity index is 1.14. The summed E-state index contributed by atoms with van der Waals surface area (Å²) in [6.07, 6.45) is 5.04. The van der Waals surface area contributed by atoms with Crippen molar-refractivity contribution < 1.29 is 18.3 Å². The van der Waals surface area contributed by atoms with Gasteiger partial charge in [-0.25, -0.2) is 8.42 Å². The molecule has 3 heterocycles. The Hall–Kier alpha value is -2.13. The van der Waals surface area contributed by atoms with Crippen LogP contribution >= 0.6 is 0 Å². The molecule has 3 fully saturated rings. The molecule has 8 heteroatoms. The van der Waals surface area contributed by atoms with E-state index < -0.39 is 15.6 Å². The number of sulfonamides is 1. The van der Waals surface area contributed by atoms with E-state index >= 15 is 0 Å². The topological polar surface area (TPSA) is 73.3 Å². The molecule has 3 aliphatic heterocycles. The minimum atomic E-state index is -3.13. The van der Waals surface area contributed by atoms with Crippen molar-refractivity contribution in [3.05, 3.63) is 60.2 Å². The number of benzene rings is 2. The maximum absolute atomic E-state index is 11.7. The fourth-order valence-electron chi connectivity index (χ4n) is 5.83. The molecule has 1 N–H and O–H groups in total. The lowest BCUT2D eigenvalue weighted by Crippen LogP contribution is -2.53. The molecule has 5 rings (SSSR count). The fraction of sp³-hybridized carbons (Fsp3) is 0.538. The second-order valence-electron chi connectivity index (χ2n) is 10.1. The largest absolute Gasteiger partial charge is 0.491 e. The first-order valence-electron chi connectivity index (χ1n) is 12.2. The lowest BCUT2D eigenvalue weighted by Gasteiger charge is -2.43. The van der Waals surface area contributed by atoms with E-state index in [-0.39, 0.29) is 0 Å². The van der Waals surface area contributed by atoms with Crippen LogP contribution in [-0.4, -0.2) is 79.5 Å². The van der Waals surface area contributed by atoms with Crippen LogP contribution < -0.4 is 9.64 Å². The molecule has 34 heavy (non-hydrogen) atoms. The molecule has 2 bridgehead atoms. The highest BCUT2D eigenvalue weighted by atomic mass is 32.2. The molecule has 2 aromatic rings. The van der Waals surface area contributed by atoms with Crippen LogP contribution in [-0.2, 0) is 16.6 Å². The first-order valence-corrected chi connectivity index (χ1v) is 14.1. The first kappa shape index (κ1) is 23.6. The third-order valence-electron chi connectivity index (χ3n) is 7.63. The normalized spacial score (nSPS) is 28.2. The monoisotopic (exact) mass is 485 g/mol. The summed E-state index contributed by atoms with van der Waals surface area (Å²) in [5, 5.41) is 11.3. The van der Waals surface area contributed by atoms with E-state index in [1.807, 2.05) is 24.3 Å². The summed E-state index contributed by atoms with van der Waals surface area (Å²) < 4.78 is 31.0. The molecule has 3 saturated heterocycles. The average Bonchev–Trinajstić information content (AvgIpc) is 3.07. The standard InChI is InChI=1S/C26H35N3O4S/c1-34(31,32)28-15-13-27(14-16-28)22-9-11-25(12-10-22)33-20-26(30)17-23-7-8-24(18-26)29(23)19-21-5-3-2-4-6-21/h2-6,9-12,23-24,30H,7-8,13-20H2,1H3/t23-,24+,26+. The number of rotatable bonds is 7. The highest BCUT2D eigenvalue weighted by Crippen LogP contribution is 2.42. The fourth-order valence-corrected chi connectivity index (χ4v) is 6.66. The molecule has 2 aromatic carbocycles. The summed E-state index contributed by atoms with van der Waals surface area (Å²) in [5.74, 6) is 0.756. The van der Waals surface area contributed by atoms with Gasteiger partial charge in [-0.2, -0.15) is 4.31 Å². The SMILES string of the molecule is CS(=O)(=O)N1CCN(c2ccc(OC[C@]3(O)C[C@H]4CC[C@@H](C3)N4Cc3ccccc3)cc2)CC1. The summed E-state index contributed by atoms with van der Waals surface area (Å²) in [7, 11) is -3.13. The number of aliphatic hydroxyl groups is 1. The van der Waals surface area contributed by atoms with Gasteiger partial charge in [-0.3, -0.25) is 4.90 Å². The van der Waals surface area contributed by atoms with Gasteiger partial charge in [0.1, 0.15) is 18.0 Å². The van der Waals surface area contributed by atoms with Crippen LogP contribution in [0.2, 0.25) is 0 Å². The number of piperazine rings is 1. The van der Waals surface area contributed by atoms with Crippen molar-refractivity contribution in [3.63, 3.8) is 0 Å². The molecule has 0 saturated carbocycles. The molecule has 0 aromatic heterocycles. The van der Waals surface area contributed by atoms with Crippen LogP contribution in [0, 0.1) is 0 Å². The van der Waals surface area contributed by atoms with Crippen LogP contribution in [0.4, 0.5) is 5.69 Å². The minimum absolute atomic E-state index is 0.311. The maximum Gasteiger partial charge on any atom is 0.211 e. The maximum atomic E-state index is 11.7. The highest BCUT2D eigenvalue weighted by Gasteiger charge is 2.47. The van der Waals surface area contributed by atoms with E-state index in [0.29, 0.717) is 44.9 Å². The number of piperidine rings is 1. The van der Waals surface area contributed by atoms with Gasteiger partial charge in [-0.15, -0.1) is 0 Å². The van der Waals surface area contributed by atoms with E-state index in [9.17, 15) is 13.5 Å². The van der Waals surface area contributed by atoms with Crippen molar-refractivity contribution in [1.29, 1.82) is 0 Å². The van der Waals surface area contributed by atoms with Gasteiger partial charge in [-0.05, 0) is 55.5 Å². The number of nitrogens with zero attached hydrogens (tertiary/aromatic N) is 3. The van der Waals surface area contributed by atoms with Crippen molar-refractivity contribution in [1.82, 2.24) is 9.21 Å². The quantitative estimate of drug-likeness (QED) is 0.650. The van der Waals surface area contributed by atoms with Gasteiger partial charge in [0, 0.05) is 50.5 Å². The van der Waals surface area contributed by atoms with Crippen molar-refractivity contribution in [2.75, 3.05) is 43.9 Å². The Labute approximate surface area is 203 Å². The smallest absolute Gasteiger partial charge is 0.211 e. The predicted molar refractivity (Wildman–Crippen MR) is 134 cm³/mol. The third kappa shape index (κ3) is 5.25. The van der Waals surface area contributed by atoms with Crippen LogP contribution in [0.3, 0.4) is 0 Å². The first-order chi connectivity index (χ1) is 16.3. The van der Waals surface area contributed by atoms with Crippen LogP contribution in [0.5, 0.6) is 5.75 Å².